The van der Waals surface area contributed by atoms with Gasteiger partial charge in [0.05, 0.1) is 20.2 Å². The van der Waals surface area contributed by atoms with Crippen molar-refractivity contribution >= 4 is 41.3 Å². The van der Waals surface area contributed by atoms with Crippen LogP contribution in [0, 0.1) is 13.8 Å². The summed E-state index contributed by atoms with van der Waals surface area (Å²) in [6.07, 6.45) is 0. The fourth-order valence-corrected chi connectivity index (χ4v) is 3.07. The van der Waals surface area contributed by atoms with E-state index in [-0.39, 0.29) is 24.0 Å². The van der Waals surface area contributed by atoms with Gasteiger partial charge in [-0.3, -0.25) is 0 Å². The molecule has 0 aliphatic carbocycles. The minimum atomic E-state index is 0. The summed E-state index contributed by atoms with van der Waals surface area (Å²) in [6, 6.07) is 10.5. The molecule has 1 aromatic heterocycles. The van der Waals surface area contributed by atoms with E-state index in [9.17, 15) is 0 Å². The van der Waals surface area contributed by atoms with Gasteiger partial charge in [-0.2, -0.15) is 0 Å². The van der Waals surface area contributed by atoms with Gasteiger partial charge >= 0.3 is 0 Å². The molecule has 4 nitrogen and oxygen atoms in total. The Kier molecular flexibility index (Phi) is 9.13. The zero-order chi connectivity index (χ0) is 16.7. The van der Waals surface area contributed by atoms with Crippen LogP contribution in [0.4, 0.5) is 0 Å². The van der Waals surface area contributed by atoms with Crippen LogP contribution in [0.15, 0.2) is 35.3 Å². The molecule has 0 radical (unpaired) electrons. The third kappa shape index (κ3) is 6.32. The van der Waals surface area contributed by atoms with Crippen LogP contribution in [0.1, 0.15) is 27.8 Å². The van der Waals surface area contributed by atoms with Crippen molar-refractivity contribution in [3.8, 4) is 5.75 Å². The van der Waals surface area contributed by atoms with E-state index < -0.39 is 0 Å². The first-order valence-corrected chi connectivity index (χ1v) is 8.65. The van der Waals surface area contributed by atoms with Gasteiger partial charge in [-0.05, 0) is 44.5 Å². The van der Waals surface area contributed by atoms with Crippen molar-refractivity contribution in [3.63, 3.8) is 0 Å². The maximum atomic E-state index is 5.44. The molecule has 6 heteroatoms. The summed E-state index contributed by atoms with van der Waals surface area (Å²) in [5.41, 5.74) is 2.27. The zero-order valence-corrected chi connectivity index (χ0v) is 17.8. The van der Waals surface area contributed by atoms with Gasteiger partial charge in [-0.25, -0.2) is 4.99 Å². The number of aliphatic imine (C=N–C) groups is 1. The van der Waals surface area contributed by atoms with E-state index in [1.165, 1.54) is 15.3 Å². The summed E-state index contributed by atoms with van der Waals surface area (Å²) < 4.78 is 5.44. The number of hydrogen-bond donors (Lipinski definition) is 2. The van der Waals surface area contributed by atoms with Gasteiger partial charge in [0.25, 0.3) is 0 Å². The molecule has 132 valence electrons. The van der Waals surface area contributed by atoms with Crippen molar-refractivity contribution < 1.29 is 4.74 Å². The smallest absolute Gasteiger partial charge is 0.191 e. The monoisotopic (exact) mass is 459 g/mol. The van der Waals surface area contributed by atoms with E-state index in [4.69, 9.17) is 4.74 Å². The molecular weight excluding hydrogens is 433 g/mol. The lowest BCUT2D eigenvalue weighted by Gasteiger charge is -2.12. The van der Waals surface area contributed by atoms with Gasteiger partial charge in [0.1, 0.15) is 5.75 Å². The second-order valence-corrected chi connectivity index (χ2v) is 6.75. The summed E-state index contributed by atoms with van der Waals surface area (Å²) in [7, 11) is 1.70. The standard InChI is InChI=1S/C18H25N3OS.HI/c1-5-19-18(21-12-16-9-7-14(3)23-16)20-11-15-8-6-13(2)10-17(15)22-4;/h6-10H,5,11-12H2,1-4H3,(H2,19,20,21);1H. The number of thiophene rings is 1. The van der Waals surface area contributed by atoms with Crippen LogP contribution < -0.4 is 15.4 Å². The molecule has 0 unspecified atom stereocenters. The number of ether oxygens (including phenoxy) is 1. The molecule has 2 aromatic rings. The topological polar surface area (TPSA) is 45.7 Å². The normalized spacial score (nSPS) is 10.9. The van der Waals surface area contributed by atoms with Gasteiger partial charge < -0.3 is 15.4 Å². The lowest BCUT2D eigenvalue weighted by atomic mass is 10.1. The van der Waals surface area contributed by atoms with Crippen LogP contribution in [0.25, 0.3) is 0 Å². The molecule has 0 aliphatic heterocycles. The summed E-state index contributed by atoms with van der Waals surface area (Å²) in [5, 5.41) is 6.66. The van der Waals surface area contributed by atoms with Gasteiger partial charge in [0.2, 0.25) is 0 Å². The van der Waals surface area contributed by atoms with Crippen molar-refractivity contribution in [2.75, 3.05) is 13.7 Å². The van der Waals surface area contributed by atoms with Crippen LogP contribution in [-0.2, 0) is 13.1 Å². The third-order valence-corrected chi connectivity index (χ3v) is 4.42. The molecule has 0 saturated carbocycles. The predicted octanol–water partition coefficient (Wildman–Crippen LogP) is 4.25. The average Bonchev–Trinajstić information content (AvgIpc) is 2.96. The van der Waals surface area contributed by atoms with E-state index >= 15 is 0 Å². The van der Waals surface area contributed by atoms with Crippen LogP contribution in [0.3, 0.4) is 0 Å². The fraction of sp³-hybridized carbons (Fsp3) is 0.389. The fourth-order valence-electron chi connectivity index (χ4n) is 2.24. The number of rotatable bonds is 6. The first kappa shape index (κ1) is 20.8. The summed E-state index contributed by atoms with van der Waals surface area (Å²) >= 11 is 1.80. The van der Waals surface area contributed by atoms with Crippen LogP contribution in [0.2, 0.25) is 0 Å². The zero-order valence-electron chi connectivity index (χ0n) is 14.7. The lowest BCUT2D eigenvalue weighted by molar-refractivity contribution is 0.409. The first-order chi connectivity index (χ1) is 11.1. The maximum absolute atomic E-state index is 5.44. The van der Waals surface area contributed by atoms with E-state index in [1.807, 2.05) is 6.07 Å². The Hall–Kier alpha value is -1.28. The second kappa shape index (κ2) is 10.6. The van der Waals surface area contributed by atoms with Gasteiger partial charge in [0.15, 0.2) is 5.96 Å². The van der Waals surface area contributed by atoms with Crippen LogP contribution in [-0.4, -0.2) is 19.6 Å². The van der Waals surface area contributed by atoms with Gasteiger partial charge in [-0.15, -0.1) is 35.3 Å². The van der Waals surface area contributed by atoms with E-state index in [1.54, 1.807) is 18.4 Å². The molecule has 1 heterocycles. The Morgan fingerprint density at radius 1 is 1.17 bits per heavy atom. The molecule has 1 aromatic carbocycles. The summed E-state index contributed by atoms with van der Waals surface area (Å²) in [5.74, 6) is 1.71. The number of methoxy groups -OCH3 is 1. The number of halogens is 1. The van der Waals surface area contributed by atoms with E-state index in [2.05, 4.69) is 60.7 Å². The summed E-state index contributed by atoms with van der Waals surface area (Å²) in [6.45, 7) is 8.46. The molecule has 2 rings (SSSR count). The van der Waals surface area contributed by atoms with Crippen LogP contribution >= 0.6 is 35.3 Å². The van der Waals surface area contributed by atoms with Gasteiger partial charge in [0, 0.05) is 21.9 Å². The molecule has 0 spiro atoms. The molecule has 0 aliphatic rings. The number of hydrogen-bond acceptors (Lipinski definition) is 3. The highest BCUT2D eigenvalue weighted by Gasteiger charge is 2.04. The molecule has 24 heavy (non-hydrogen) atoms. The molecule has 0 amide bonds. The summed E-state index contributed by atoms with van der Waals surface area (Å²) in [4.78, 5) is 7.30. The third-order valence-electron chi connectivity index (χ3n) is 3.42. The average molecular weight is 459 g/mol. The maximum Gasteiger partial charge on any atom is 0.191 e. The Morgan fingerprint density at radius 3 is 2.58 bits per heavy atom. The Morgan fingerprint density at radius 2 is 1.96 bits per heavy atom. The first-order valence-electron chi connectivity index (χ1n) is 7.83. The molecule has 0 bridgehead atoms. The second-order valence-electron chi connectivity index (χ2n) is 5.38. The quantitative estimate of drug-likeness (QED) is 0.386. The van der Waals surface area contributed by atoms with Gasteiger partial charge in [-0.1, -0.05) is 12.1 Å². The minimum absolute atomic E-state index is 0. The van der Waals surface area contributed by atoms with Crippen molar-refractivity contribution in [1.82, 2.24) is 10.6 Å². The molecular formula is C18H26IN3OS. The lowest BCUT2D eigenvalue weighted by Crippen LogP contribution is -2.36. The van der Waals surface area contributed by atoms with Crippen molar-refractivity contribution in [3.05, 3.63) is 51.2 Å². The molecule has 0 saturated heterocycles. The molecule has 0 atom stereocenters. The molecule has 2 N–H and O–H groups in total. The number of benzene rings is 1. The van der Waals surface area contributed by atoms with Crippen molar-refractivity contribution in [2.45, 2.75) is 33.9 Å². The van der Waals surface area contributed by atoms with E-state index in [0.717, 1.165) is 30.4 Å². The van der Waals surface area contributed by atoms with Crippen LogP contribution in [0.5, 0.6) is 5.75 Å². The number of nitrogens with one attached hydrogen (secondary N) is 2. The Labute approximate surface area is 165 Å². The highest BCUT2D eigenvalue weighted by molar-refractivity contribution is 14.0. The van der Waals surface area contributed by atoms with E-state index in [0.29, 0.717) is 6.54 Å². The number of nitrogens with zero attached hydrogens (tertiary/aromatic N) is 1. The number of aryl methyl sites for hydroxylation is 2. The highest BCUT2D eigenvalue weighted by Crippen LogP contribution is 2.20. The largest absolute Gasteiger partial charge is 0.496 e. The predicted molar refractivity (Wildman–Crippen MR) is 114 cm³/mol. The molecule has 0 fully saturated rings. The minimum Gasteiger partial charge on any atom is -0.496 e. The Bertz CT molecular complexity index is 670. The number of guanidine groups is 1. The van der Waals surface area contributed by atoms with Crippen molar-refractivity contribution in [1.29, 1.82) is 0 Å². The highest BCUT2D eigenvalue weighted by atomic mass is 127. The Balaban J connectivity index is 0.00000288. The van der Waals surface area contributed by atoms with Crippen molar-refractivity contribution in [2.24, 2.45) is 4.99 Å². The SMILES string of the molecule is CCNC(=NCc1ccc(C)cc1OC)NCc1ccc(C)s1.I.